The first kappa shape index (κ1) is 15.8. The van der Waals surface area contributed by atoms with E-state index < -0.39 is 17.1 Å². The van der Waals surface area contributed by atoms with E-state index in [4.69, 9.17) is 9.90 Å². The monoisotopic (exact) mass is 266 g/mol. The SMILES string of the molecule is O=C([O-])C(F)(F)F.[NH3+]Cc1ccc([N+](=O)[O-])cc1. The van der Waals surface area contributed by atoms with Crippen molar-refractivity contribution in [3.8, 4) is 0 Å². The van der Waals surface area contributed by atoms with Crippen molar-refractivity contribution in [1.82, 2.24) is 0 Å². The van der Waals surface area contributed by atoms with Crippen LogP contribution < -0.4 is 10.8 Å². The minimum atomic E-state index is -5.19. The standard InChI is InChI=1S/C7H8N2O2.C2HF3O2/c8-5-6-1-3-7(4-2-6)9(10)11;3-2(4,5)1(6)7/h1-4H,5,8H2;(H,6,7). The maximum absolute atomic E-state index is 10.5. The summed E-state index contributed by atoms with van der Waals surface area (Å²) in [6, 6.07) is 6.40. The molecule has 0 saturated heterocycles. The van der Waals surface area contributed by atoms with Crippen molar-refractivity contribution in [1.29, 1.82) is 0 Å². The third kappa shape index (κ3) is 5.80. The molecule has 0 fully saturated rings. The minimum absolute atomic E-state index is 0.127. The average Bonchev–Trinajstić information content (AvgIpc) is 2.28. The fourth-order valence-electron chi connectivity index (χ4n) is 0.784. The van der Waals surface area contributed by atoms with Gasteiger partial charge in [0.25, 0.3) is 5.69 Å². The summed E-state index contributed by atoms with van der Waals surface area (Å²) >= 11 is 0. The number of non-ortho nitro benzene ring substituents is 1. The summed E-state index contributed by atoms with van der Waals surface area (Å²) in [6.07, 6.45) is -5.19. The van der Waals surface area contributed by atoms with Crippen molar-refractivity contribution in [3.63, 3.8) is 0 Å². The summed E-state index contributed by atoms with van der Waals surface area (Å²) in [5.41, 5.74) is 4.80. The van der Waals surface area contributed by atoms with Gasteiger partial charge in [-0.15, -0.1) is 0 Å². The Balaban J connectivity index is 0.000000360. The molecule has 0 unspecified atom stereocenters. The van der Waals surface area contributed by atoms with Crippen LogP contribution in [-0.2, 0) is 11.3 Å². The van der Waals surface area contributed by atoms with Crippen LogP contribution in [-0.4, -0.2) is 17.1 Å². The number of carboxylic acids is 1. The van der Waals surface area contributed by atoms with E-state index in [1.807, 2.05) is 0 Å². The molecular formula is C9H9F3N2O4. The summed E-state index contributed by atoms with van der Waals surface area (Å²) in [5.74, 6) is -3.01. The third-order valence-corrected chi connectivity index (χ3v) is 1.67. The minimum Gasteiger partial charge on any atom is -0.542 e. The van der Waals surface area contributed by atoms with Crippen LogP contribution in [0.5, 0.6) is 0 Å². The summed E-state index contributed by atoms with van der Waals surface area (Å²) < 4.78 is 31.5. The van der Waals surface area contributed by atoms with Gasteiger partial charge in [-0.25, -0.2) is 0 Å². The number of carbonyl (C=O) groups excluding carboxylic acids is 1. The zero-order chi connectivity index (χ0) is 14.3. The van der Waals surface area contributed by atoms with E-state index in [2.05, 4.69) is 5.73 Å². The molecule has 0 atom stereocenters. The van der Waals surface area contributed by atoms with E-state index in [1.54, 1.807) is 12.1 Å². The van der Waals surface area contributed by atoms with Gasteiger partial charge in [0, 0.05) is 17.7 Å². The van der Waals surface area contributed by atoms with E-state index in [0.717, 1.165) is 5.56 Å². The van der Waals surface area contributed by atoms with Crippen LogP contribution in [0, 0.1) is 10.1 Å². The first-order valence-electron chi connectivity index (χ1n) is 4.49. The molecule has 0 spiro atoms. The Labute approximate surface area is 99.0 Å². The van der Waals surface area contributed by atoms with Crippen LogP contribution in [0.25, 0.3) is 0 Å². The molecule has 9 heteroatoms. The first-order valence-corrected chi connectivity index (χ1v) is 4.49. The Morgan fingerprint density at radius 2 is 1.67 bits per heavy atom. The van der Waals surface area contributed by atoms with E-state index in [1.165, 1.54) is 12.1 Å². The highest BCUT2D eigenvalue weighted by atomic mass is 19.4. The maximum atomic E-state index is 10.5. The quantitative estimate of drug-likeness (QED) is 0.581. The number of nitrogens with zero attached hydrogens (tertiary/aromatic N) is 1. The molecule has 1 aromatic carbocycles. The van der Waals surface area contributed by atoms with Crippen LogP contribution in [0.15, 0.2) is 24.3 Å². The molecule has 100 valence electrons. The third-order valence-electron chi connectivity index (χ3n) is 1.67. The van der Waals surface area contributed by atoms with Crippen molar-refractivity contribution >= 4 is 11.7 Å². The van der Waals surface area contributed by atoms with Crippen molar-refractivity contribution in [2.75, 3.05) is 0 Å². The van der Waals surface area contributed by atoms with Gasteiger partial charge in [0.2, 0.25) is 0 Å². The number of halogens is 3. The van der Waals surface area contributed by atoms with Gasteiger partial charge in [0.15, 0.2) is 0 Å². The summed E-state index contributed by atoms with van der Waals surface area (Å²) in [7, 11) is 0. The largest absolute Gasteiger partial charge is 0.542 e. The van der Waals surface area contributed by atoms with E-state index in [-0.39, 0.29) is 5.69 Å². The lowest BCUT2D eigenvalue weighted by Gasteiger charge is -2.03. The Hall–Kier alpha value is -2.16. The maximum Gasteiger partial charge on any atom is 0.430 e. The second-order valence-corrected chi connectivity index (χ2v) is 2.96. The molecule has 18 heavy (non-hydrogen) atoms. The summed E-state index contributed by atoms with van der Waals surface area (Å²) in [5, 5.41) is 19.0. The van der Waals surface area contributed by atoms with Crippen LogP contribution in [0.2, 0.25) is 0 Å². The number of nitro benzene ring substituents is 1. The van der Waals surface area contributed by atoms with Gasteiger partial charge in [-0.2, -0.15) is 13.2 Å². The number of rotatable bonds is 2. The molecule has 0 bridgehead atoms. The highest BCUT2D eigenvalue weighted by Crippen LogP contribution is 2.11. The van der Waals surface area contributed by atoms with E-state index in [0.29, 0.717) is 6.54 Å². The number of hydrogen-bond acceptors (Lipinski definition) is 4. The Morgan fingerprint density at radius 3 is 1.89 bits per heavy atom. The fraction of sp³-hybridized carbons (Fsp3) is 0.222. The number of alkyl halides is 3. The highest BCUT2D eigenvalue weighted by Gasteiger charge is 2.28. The number of carbonyl (C=O) groups is 1. The van der Waals surface area contributed by atoms with Gasteiger partial charge in [-0.3, -0.25) is 10.1 Å². The lowest BCUT2D eigenvalue weighted by atomic mass is 10.2. The second kappa shape index (κ2) is 6.55. The average molecular weight is 266 g/mol. The first-order chi connectivity index (χ1) is 8.18. The van der Waals surface area contributed by atoms with Gasteiger partial charge in [-0.1, -0.05) is 0 Å². The predicted octanol–water partition coefficient (Wildman–Crippen LogP) is -0.365. The molecule has 0 saturated carbocycles. The molecule has 3 N–H and O–H groups in total. The number of benzene rings is 1. The highest BCUT2D eigenvalue weighted by molar-refractivity contribution is 5.70. The summed E-state index contributed by atoms with van der Waals surface area (Å²) in [4.78, 5) is 18.6. The number of carboxylic acid groups (broad SMARTS) is 1. The molecule has 0 heterocycles. The van der Waals surface area contributed by atoms with Crippen LogP contribution >= 0.6 is 0 Å². The van der Waals surface area contributed by atoms with E-state index in [9.17, 15) is 23.3 Å². The molecule has 0 aliphatic heterocycles. The normalized spacial score (nSPS) is 10.2. The number of aliphatic carboxylic acids is 1. The summed E-state index contributed by atoms with van der Waals surface area (Å²) in [6.45, 7) is 0.665. The van der Waals surface area contributed by atoms with Crippen LogP contribution in [0.3, 0.4) is 0 Å². The second-order valence-electron chi connectivity index (χ2n) is 2.96. The van der Waals surface area contributed by atoms with Crippen LogP contribution in [0.4, 0.5) is 18.9 Å². The smallest absolute Gasteiger partial charge is 0.430 e. The number of nitro groups is 1. The molecule has 0 amide bonds. The lowest BCUT2D eigenvalue weighted by Crippen LogP contribution is -2.47. The Morgan fingerprint density at radius 1 is 1.28 bits per heavy atom. The Kier molecular flexibility index (Phi) is 5.76. The molecule has 1 aromatic rings. The van der Waals surface area contributed by atoms with Crippen molar-refractivity contribution in [2.45, 2.75) is 12.7 Å². The zero-order valence-electron chi connectivity index (χ0n) is 8.94. The molecule has 0 radical (unpaired) electrons. The number of quaternary nitrogens is 1. The van der Waals surface area contributed by atoms with Gasteiger partial charge < -0.3 is 15.6 Å². The van der Waals surface area contributed by atoms with Gasteiger partial charge in [0.05, 0.1) is 11.5 Å². The fourth-order valence-corrected chi connectivity index (χ4v) is 0.784. The molecular weight excluding hydrogens is 257 g/mol. The molecule has 1 rings (SSSR count). The molecule has 0 aromatic heterocycles. The number of hydrogen-bond donors (Lipinski definition) is 1. The Bertz CT molecular complexity index is 417. The van der Waals surface area contributed by atoms with Gasteiger partial charge >= 0.3 is 6.18 Å². The predicted molar refractivity (Wildman–Crippen MR) is 50.8 cm³/mol. The van der Waals surface area contributed by atoms with Crippen molar-refractivity contribution in [3.05, 3.63) is 39.9 Å². The lowest BCUT2D eigenvalue weighted by molar-refractivity contribution is -0.387. The topological polar surface area (TPSA) is 111 Å². The van der Waals surface area contributed by atoms with E-state index >= 15 is 0 Å². The zero-order valence-corrected chi connectivity index (χ0v) is 8.94. The molecule has 6 nitrogen and oxygen atoms in total. The van der Waals surface area contributed by atoms with Crippen molar-refractivity contribution < 1.29 is 33.7 Å². The molecule has 0 aliphatic rings. The van der Waals surface area contributed by atoms with Crippen LogP contribution in [0.1, 0.15) is 5.56 Å². The molecule has 0 aliphatic carbocycles. The van der Waals surface area contributed by atoms with Crippen molar-refractivity contribution in [2.24, 2.45) is 0 Å². The van der Waals surface area contributed by atoms with Gasteiger partial charge in [-0.05, 0) is 12.1 Å². The van der Waals surface area contributed by atoms with Gasteiger partial charge in [0.1, 0.15) is 5.97 Å².